The van der Waals surface area contributed by atoms with E-state index in [0.29, 0.717) is 11.6 Å². The number of azo groups is 2. The van der Waals surface area contributed by atoms with E-state index in [4.69, 9.17) is 15.5 Å². The van der Waals surface area contributed by atoms with Crippen LogP contribution in [0.4, 0.5) is 61.0 Å². The van der Waals surface area contributed by atoms with Crippen molar-refractivity contribution in [1.29, 1.82) is 0 Å². The second-order valence-corrected chi connectivity index (χ2v) is 23.3. The van der Waals surface area contributed by atoms with Gasteiger partial charge in [-0.15, -0.1) is 44.7 Å². The van der Waals surface area contributed by atoms with Crippen molar-refractivity contribution in [2.24, 2.45) is 36.5 Å². The number of rotatable bonds is 21. The van der Waals surface area contributed by atoms with Gasteiger partial charge in [0.15, 0.2) is 17.3 Å². The van der Waals surface area contributed by atoms with Crippen LogP contribution in [-0.2, 0) is 74.6 Å². The molecule has 2 heterocycles. The minimum atomic E-state index is -5.08. The van der Waals surface area contributed by atoms with E-state index in [1.54, 1.807) is 36.4 Å². The number of phenolic OH excluding ortho intramolecular Hbond substituents is 2. The van der Waals surface area contributed by atoms with Crippen LogP contribution < -0.4 is 32.5 Å². The molecule has 2 aromatic heterocycles. The maximum Gasteiger partial charge on any atom is 1.00 e. The van der Waals surface area contributed by atoms with Crippen LogP contribution in [0.1, 0.15) is 38.8 Å². The number of aromatic nitrogens is 6. The third-order valence-electron chi connectivity index (χ3n) is 11.2. The molecule has 36 nitrogen and oxygen atoms in total. The van der Waals surface area contributed by atoms with Crippen molar-refractivity contribution in [2.45, 2.75) is 32.5 Å². The van der Waals surface area contributed by atoms with Crippen LogP contribution in [0.3, 0.4) is 0 Å². The molecule has 0 aliphatic rings. The maximum absolute atomic E-state index is 14.9. The Morgan fingerprint density at radius 2 is 1.03 bits per heavy atom. The number of hydrogen-bond donors (Lipinski definition) is 14. The Morgan fingerprint density at radius 3 is 1.55 bits per heavy atom. The van der Waals surface area contributed by atoms with Crippen LogP contribution in [0.25, 0.3) is 0 Å². The zero-order valence-corrected chi connectivity index (χ0v) is 51.1. The summed E-state index contributed by atoms with van der Waals surface area (Å²) < 4.78 is 161. The van der Waals surface area contributed by atoms with Crippen LogP contribution in [0.5, 0.6) is 11.5 Å². The predicted octanol–water partition coefficient (Wildman–Crippen LogP) is 5.97. The zero-order chi connectivity index (χ0) is 66.6. The number of hydrazone groups is 2. The number of phenols is 2. The number of carboxylic acids is 2. The van der Waals surface area contributed by atoms with Gasteiger partial charge >= 0.3 is 35.2 Å². The maximum atomic E-state index is 14.9. The number of aromatic carboxylic acids is 2. The van der Waals surface area contributed by atoms with Gasteiger partial charge in [-0.2, -0.15) is 74.1 Å². The average molecular weight is 1460 g/mol. The molecular formula is C49H41Cu2F2N18O18S4. The van der Waals surface area contributed by atoms with E-state index in [9.17, 15) is 81.0 Å². The topological polar surface area (TPSA) is 570 Å². The van der Waals surface area contributed by atoms with Crippen LogP contribution in [0.2, 0.25) is 0 Å². The summed E-state index contributed by atoms with van der Waals surface area (Å²) in [7, 11) is -19.1. The molecule has 0 spiro atoms. The molecule has 0 fully saturated rings. The Kier molecular flexibility index (Phi) is 24.6. The predicted molar refractivity (Wildman–Crippen MR) is 312 cm³/mol. The number of aromatic hydroxyl groups is 2. The first-order valence-corrected chi connectivity index (χ1v) is 30.2. The number of hydrogen-bond acceptors (Lipinski definition) is 28. The SMILES string of the molecule is CC(CNc1nc(F)nc(Nc2cc(S(=O)(=O)O)cc(N/N=C(\N=Nc3cc(S(=O)(=O)O)ccc3C(=O)O)c3ccccc3)c2O)n1)Nc1nc(F)nc(Nc2cc(S(=O)(=O)O)cc(N=NC(=NN)c3ccccc3)c2O)n1.O=C(O)c1[c-]cc(S(=O)(=O)O)cc1.[Cu+].[Cu]. The smallest absolute Gasteiger partial charge is 0.521 e. The first-order valence-electron chi connectivity index (χ1n) is 24.5. The van der Waals surface area contributed by atoms with Gasteiger partial charge in [0.1, 0.15) is 17.1 Å². The number of benzene rings is 6. The van der Waals surface area contributed by atoms with Gasteiger partial charge < -0.3 is 52.3 Å². The number of nitrogens with one attached hydrogen (secondary N) is 5. The van der Waals surface area contributed by atoms with Crippen molar-refractivity contribution in [3.8, 4) is 11.5 Å². The zero-order valence-electron chi connectivity index (χ0n) is 45.9. The fourth-order valence-corrected chi connectivity index (χ4v) is 9.01. The molecule has 8 aromatic rings. The molecule has 0 saturated carbocycles. The number of carbonyl (C=O) groups is 2. The van der Waals surface area contributed by atoms with Crippen molar-refractivity contribution < 1.29 is 125 Å². The molecule has 0 aliphatic carbocycles. The molecule has 8 rings (SSSR count). The van der Waals surface area contributed by atoms with E-state index >= 15 is 0 Å². The number of nitrogens with zero attached hydrogens (tertiary/aromatic N) is 12. The fraction of sp³-hybridized carbons (Fsp3) is 0.0612. The molecule has 0 saturated heterocycles. The molecule has 1 atom stereocenters. The molecule has 0 bridgehead atoms. The third-order valence-corrected chi connectivity index (χ3v) is 14.5. The van der Waals surface area contributed by atoms with Crippen molar-refractivity contribution >= 4 is 116 Å². The first-order chi connectivity index (χ1) is 42.7. The molecule has 0 aliphatic heterocycles. The van der Waals surface area contributed by atoms with Crippen molar-refractivity contribution in [3.05, 3.63) is 162 Å². The molecule has 93 heavy (non-hydrogen) atoms. The van der Waals surface area contributed by atoms with Crippen molar-refractivity contribution in [2.75, 3.05) is 33.2 Å². The van der Waals surface area contributed by atoms with E-state index in [-0.39, 0.29) is 68.4 Å². The second kappa shape index (κ2) is 31.2. The summed E-state index contributed by atoms with van der Waals surface area (Å²) >= 11 is 0. The summed E-state index contributed by atoms with van der Waals surface area (Å²) in [6.45, 7) is 1.28. The molecule has 1 radical (unpaired) electrons. The quantitative estimate of drug-likeness (QED) is 0.00453. The summed E-state index contributed by atoms with van der Waals surface area (Å²) in [5.74, 6) is -1.63. The number of amidine groups is 2. The number of nitrogens with two attached hydrogens (primary N) is 1. The van der Waals surface area contributed by atoms with Crippen molar-refractivity contribution in [1.82, 2.24) is 29.9 Å². The Hall–Kier alpha value is -10.2. The van der Waals surface area contributed by atoms with Crippen LogP contribution in [0, 0.1) is 18.2 Å². The van der Waals surface area contributed by atoms with E-state index < -0.39 is 155 Å². The monoisotopic (exact) mass is 1460 g/mol. The normalized spacial score (nSPS) is 12.3. The van der Waals surface area contributed by atoms with Crippen LogP contribution in [0.15, 0.2) is 172 Å². The van der Waals surface area contributed by atoms with E-state index in [1.165, 1.54) is 31.2 Å². The summed E-state index contributed by atoms with van der Waals surface area (Å²) in [6, 6.07) is 25.4. The van der Waals surface area contributed by atoms with Gasteiger partial charge in [0.05, 0.1) is 31.6 Å². The molecule has 6 aromatic carbocycles. The molecule has 0 amide bonds. The van der Waals surface area contributed by atoms with Gasteiger partial charge in [-0.05, 0) is 49.4 Å². The standard InChI is InChI=1S/C42H36F2N18O13S3.C7H5O5S.2Cu/c1-20(47-40-51-38(44)53-42(55-40)49-29-16-24(77(70,71)72)17-30(32(29)63)58-60-34(56-45)21-8-4-2-5-9-21)19-46-39-50-37(43)52-41(54-39)48-28-15-25(78(73,74)75)18-31(33(28)64)59-62-35(22-10-6-3-7-11-22)61-57-27-14-23(76(67,68)69)12-13-26(27)36(65)66;8-7(9)5-1-3-6(4-2-5)13(10,11)12;;/h2-18,20,59,63-64H,19,45H2,1H3,(H,65,66)(H,67,68,69)(H,70,71,72)(H,73,74,75)(H2,46,48,50,52,54)(H2,47,49,51,53,55);1,3-4H,(H,8,9)(H,10,11,12);;/q;-1;;+1/b56-34?,60-58?,61-57?,62-35-;;;. The molecule has 495 valence electrons. The van der Waals surface area contributed by atoms with E-state index in [1.807, 2.05) is 0 Å². The molecule has 44 heteroatoms. The molecular weight excluding hydrogens is 1420 g/mol. The Bertz CT molecular complexity index is 4720. The van der Waals surface area contributed by atoms with Gasteiger partial charge in [-0.25, -0.2) is 13.2 Å². The number of carboxylic acid groups (broad SMARTS) is 2. The van der Waals surface area contributed by atoms with Crippen molar-refractivity contribution in [3.63, 3.8) is 0 Å². The largest absolute Gasteiger partial charge is 1.00 e. The van der Waals surface area contributed by atoms with E-state index in [0.717, 1.165) is 54.6 Å². The minimum absolute atomic E-state index is 0. The van der Waals surface area contributed by atoms with E-state index in [2.05, 4.69) is 93.3 Å². The van der Waals surface area contributed by atoms with Crippen LogP contribution >= 0.6 is 0 Å². The Morgan fingerprint density at radius 1 is 0.570 bits per heavy atom. The van der Waals surface area contributed by atoms with Crippen LogP contribution in [-0.4, -0.2) is 138 Å². The summed E-state index contributed by atoms with van der Waals surface area (Å²) in [6.07, 6.45) is -2.80. The Balaban J connectivity index is 0.000000932. The summed E-state index contributed by atoms with van der Waals surface area (Å²) in [5.41, 5.74) is -0.492. The number of anilines is 7. The summed E-state index contributed by atoms with van der Waals surface area (Å²) in [4.78, 5) is 41.6. The second-order valence-electron chi connectivity index (χ2n) is 17.6. The molecule has 1 unspecified atom stereocenters. The van der Waals surface area contributed by atoms with Gasteiger partial charge in [0.2, 0.25) is 35.6 Å². The third kappa shape index (κ3) is 20.6. The van der Waals surface area contributed by atoms with Gasteiger partial charge in [0, 0.05) is 45.7 Å². The minimum Gasteiger partial charge on any atom is -0.521 e. The van der Waals surface area contributed by atoms with Gasteiger partial charge in [-0.3, -0.25) is 23.6 Å². The Labute approximate surface area is 543 Å². The first kappa shape index (κ1) is 73.5. The average Bonchev–Trinajstić information content (AvgIpc) is 0.837. The molecule has 15 N–H and O–H groups in total. The van der Waals surface area contributed by atoms with Gasteiger partial charge in [0.25, 0.3) is 40.5 Å². The van der Waals surface area contributed by atoms with Gasteiger partial charge in [-0.1, -0.05) is 66.2 Å². The summed E-state index contributed by atoms with van der Waals surface area (Å²) in [5, 5.41) is 73.6. The fourth-order valence-electron chi connectivity index (χ4n) is 7.00. The number of halogens is 2.